The van der Waals surface area contributed by atoms with Crippen LogP contribution in [0.5, 0.6) is 5.75 Å². The second-order valence-electron chi connectivity index (χ2n) is 8.10. The fourth-order valence-electron chi connectivity index (χ4n) is 3.88. The van der Waals surface area contributed by atoms with E-state index in [4.69, 9.17) is 9.47 Å². The van der Waals surface area contributed by atoms with Gasteiger partial charge in [-0.05, 0) is 41.8 Å². The first-order valence-electron chi connectivity index (χ1n) is 11.1. The number of benzene rings is 2. The van der Waals surface area contributed by atoms with E-state index >= 15 is 0 Å². The van der Waals surface area contributed by atoms with Gasteiger partial charge in [-0.3, -0.25) is 14.0 Å². The molecule has 1 aliphatic heterocycles. The number of nitrogens with one attached hydrogen (secondary N) is 1. The third-order valence-electron chi connectivity index (χ3n) is 5.66. The molecule has 1 N–H and O–H groups in total. The molecule has 33 heavy (non-hydrogen) atoms. The number of rotatable bonds is 10. The maximum absolute atomic E-state index is 13.0. The van der Waals surface area contributed by atoms with Gasteiger partial charge >= 0.3 is 0 Å². The summed E-state index contributed by atoms with van der Waals surface area (Å²) in [6, 6.07) is 13.9. The lowest BCUT2D eigenvalue weighted by molar-refractivity contribution is -0.122. The highest BCUT2D eigenvalue weighted by Gasteiger charge is 2.31. The molecule has 0 unspecified atom stereocenters. The predicted molar refractivity (Wildman–Crippen MR) is 129 cm³/mol. The summed E-state index contributed by atoms with van der Waals surface area (Å²) in [6.45, 7) is 6.40. The first kappa shape index (κ1) is 25.0. The molecule has 2 aromatic rings. The third kappa shape index (κ3) is 6.93. The van der Waals surface area contributed by atoms with E-state index in [0.717, 1.165) is 44.7 Å². The zero-order valence-corrected chi connectivity index (χ0v) is 20.3. The van der Waals surface area contributed by atoms with Crippen molar-refractivity contribution in [1.29, 1.82) is 0 Å². The van der Waals surface area contributed by atoms with Gasteiger partial charge in [-0.15, -0.1) is 0 Å². The molecule has 9 heteroatoms. The van der Waals surface area contributed by atoms with Crippen molar-refractivity contribution in [2.75, 3.05) is 44.0 Å². The van der Waals surface area contributed by atoms with Crippen LogP contribution < -0.4 is 14.4 Å². The molecule has 0 bridgehead atoms. The van der Waals surface area contributed by atoms with Crippen molar-refractivity contribution in [3.8, 4) is 5.75 Å². The topological polar surface area (TPSA) is 88.2 Å². The number of amides is 1. The minimum Gasteiger partial charge on any atom is -0.497 e. The van der Waals surface area contributed by atoms with Gasteiger partial charge in [-0.25, -0.2) is 8.42 Å². The van der Waals surface area contributed by atoms with Gasteiger partial charge in [0.1, 0.15) is 11.8 Å². The van der Waals surface area contributed by atoms with E-state index < -0.39 is 16.1 Å². The van der Waals surface area contributed by atoms with Gasteiger partial charge in [-0.1, -0.05) is 31.2 Å². The smallest absolute Gasteiger partial charge is 0.244 e. The van der Waals surface area contributed by atoms with Crippen LogP contribution in [0.4, 0.5) is 5.69 Å². The first-order chi connectivity index (χ1) is 15.8. The molecule has 0 aliphatic carbocycles. The Kier molecular flexibility index (Phi) is 8.71. The van der Waals surface area contributed by atoms with E-state index in [1.807, 2.05) is 12.1 Å². The molecule has 0 saturated carbocycles. The second kappa shape index (κ2) is 11.5. The minimum atomic E-state index is -3.68. The summed E-state index contributed by atoms with van der Waals surface area (Å²) in [6.07, 6.45) is 1.45. The van der Waals surface area contributed by atoms with Crippen molar-refractivity contribution in [1.82, 2.24) is 10.2 Å². The standard InChI is InChI=1S/C24H33N3O5S/c1-4-23(27(33(3,29)30)21-9-11-22(31-2)12-10-21)24(28)25-17-19-5-7-20(8-6-19)18-26-13-15-32-16-14-26/h5-12,23H,4,13-18H2,1-3H3,(H,25,28)/t23-/m1/s1. The van der Waals surface area contributed by atoms with E-state index in [0.29, 0.717) is 24.4 Å². The second-order valence-corrected chi connectivity index (χ2v) is 9.96. The fraction of sp³-hybridized carbons (Fsp3) is 0.458. The van der Waals surface area contributed by atoms with Crippen LogP contribution in [0.15, 0.2) is 48.5 Å². The summed E-state index contributed by atoms with van der Waals surface area (Å²) in [5.41, 5.74) is 2.59. The predicted octanol–water partition coefficient (Wildman–Crippen LogP) is 2.39. The van der Waals surface area contributed by atoms with Crippen LogP contribution in [0.3, 0.4) is 0 Å². The maximum atomic E-state index is 13.0. The Morgan fingerprint density at radius 3 is 2.24 bits per heavy atom. The summed E-state index contributed by atoms with van der Waals surface area (Å²) in [5, 5.41) is 2.90. The molecular weight excluding hydrogens is 442 g/mol. The average Bonchev–Trinajstić information content (AvgIpc) is 2.82. The highest BCUT2D eigenvalue weighted by molar-refractivity contribution is 7.92. The summed E-state index contributed by atoms with van der Waals surface area (Å²) < 4.78 is 36.9. The van der Waals surface area contributed by atoms with Crippen LogP contribution in [0.25, 0.3) is 0 Å². The van der Waals surface area contributed by atoms with Crippen LogP contribution in [-0.4, -0.2) is 64.9 Å². The molecule has 0 aromatic heterocycles. The Balaban J connectivity index is 1.64. The van der Waals surface area contributed by atoms with Crippen molar-refractivity contribution in [3.05, 3.63) is 59.7 Å². The molecule has 0 spiro atoms. The maximum Gasteiger partial charge on any atom is 0.244 e. The van der Waals surface area contributed by atoms with Crippen molar-refractivity contribution in [3.63, 3.8) is 0 Å². The number of hydrogen-bond donors (Lipinski definition) is 1. The molecule has 8 nitrogen and oxygen atoms in total. The fourth-order valence-corrected chi connectivity index (χ4v) is 5.09. The Morgan fingerprint density at radius 1 is 1.09 bits per heavy atom. The molecule has 2 aromatic carbocycles. The van der Waals surface area contributed by atoms with Crippen LogP contribution >= 0.6 is 0 Å². The highest BCUT2D eigenvalue weighted by Crippen LogP contribution is 2.25. The Hall–Kier alpha value is -2.62. The lowest BCUT2D eigenvalue weighted by atomic mass is 10.1. The SMILES string of the molecule is CC[C@H](C(=O)NCc1ccc(CN2CCOCC2)cc1)N(c1ccc(OC)cc1)S(C)(=O)=O. The summed E-state index contributed by atoms with van der Waals surface area (Å²) in [5.74, 6) is 0.276. The largest absolute Gasteiger partial charge is 0.497 e. The molecule has 1 aliphatic rings. The number of methoxy groups -OCH3 is 1. The number of carbonyl (C=O) groups excluding carboxylic acids is 1. The quantitative estimate of drug-likeness (QED) is 0.568. The van der Waals surface area contributed by atoms with Crippen LogP contribution in [0.1, 0.15) is 24.5 Å². The number of sulfonamides is 1. The molecule has 1 fully saturated rings. The van der Waals surface area contributed by atoms with Crippen molar-refractivity contribution >= 4 is 21.6 Å². The number of ether oxygens (including phenoxy) is 2. The Bertz CT molecular complexity index is 1000. The summed E-state index contributed by atoms with van der Waals surface area (Å²) in [4.78, 5) is 15.4. The van der Waals surface area contributed by atoms with E-state index in [2.05, 4.69) is 22.3 Å². The number of nitrogens with zero attached hydrogens (tertiary/aromatic N) is 2. The van der Waals surface area contributed by atoms with Gasteiger partial charge in [0.15, 0.2) is 0 Å². The third-order valence-corrected chi connectivity index (χ3v) is 6.84. The van der Waals surface area contributed by atoms with Gasteiger partial charge < -0.3 is 14.8 Å². The van der Waals surface area contributed by atoms with Crippen LogP contribution in [0.2, 0.25) is 0 Å². The molecular formula is C24H33N3O5S. The van der Waals surface area contributed by atoms with Gasteiger partial charge in [0.25, 0.3) is 0 Å². The minimum absolute atomic E-state index is 0.327. The van der Waals surface area contributed by atoms with Crippen molar-refractivity contribution in [2.24, 2.45) is 0 Å². The molecule has 180 valence electrons. The number of anilines is 1. The van der Waals surface area contributed by atoms with Gasteiger partial charge in [0, 0.05) is 26.2 Å². The van der Waals surface area contributed by atoms with Crippen LogP contribution in [-0.2, 0) is 32.6 Å². The van der Waals surface area contributed by atoms with E-state index in [1.165, 1.54) is 9.87 Å². The molecule has 1 heterocycles. The van der Waals surface area contributed by atoms with Crippen molar-refractivity contribution in [2.45, 2.75) is 32.5 Å². The number of carbonyl (C=O) groups is 1. The van der Waals surface area contributed by atoms with Gasteiger partial charge in [0.05, 0.1) is 32.3 Å². The normalized spacial score (nSPS) is 15.6. The van der Waals surface area contributed by atoms with Crippen LogP contribution in [0, 0.1) is 0 Å². The zero-order valence-electron chi connectivity index (χ0n) is 19.5. The monoisotopic (exact) mass is 475 g/mol. The highest BCUT2D eigenvalue weighted by atomic mass is 32.2. The molecule has 1 atom stereocenters. The van der Waals surface area contributed by atoms with Crippen molar-refractivity contribution < 1.29 is 22.7 Å². The van der Waals surface area contributed by atoms with Gasteiger partial charge in [0.2, 0.25) is 15.9 Å². The molecule has 3 rings (SSSR count). The lowest BCUT2D eigenvalue weighted by Crippen LogP contribution is -2.49. The molecule has 1 amide bonds. The lowest BCUT2D eigenvalue weighted by Gasteiger charge is -2.30. The summed E-state index contributed by atoms with van der Waals surface area (Å²) in [7, 11) is -2.14. The number of hydrogen-bond acceptors (Lipinski definition) is 6. The average molecular weight is 476 g/mol. The summed E-state index contributed by atoms with van der Waals surface area (Å²) >= 11 is 0. The number of morpholine rings is 1. The molecule has 0 radical (unpaired) electrons. The molecule has 1 saturated heterocycles. The van der Waals surface area contributed by atoms with Gasteiger partial charge in [-0.2, -0.15) is 0 Å². The van der Waals surface area contributed by atoms with E-state index in [9.17, 15) is 13.2 Å². The Morgan fingerprint density at radius 2 is 1.70 bits per heavy atom. The Labute approximate surface area is 196 Å². The van der Waals surface area contributed by atoms with E-state index in [1.54, 1.807) is 38.3 Å². The zero-order chi connectivity index (χ0) is 23.8. The van der Waals surface area contributed by atoms with E-state index in [-0.39, 0.29) is 5.91 Å². The first-order valence-corrected chi connectivity index (χ1v) is 13.0.